The molecule has 1 aliphatic carbocycles. The molecule has 2 fully saturated rings. The standard InChI is InChI=1S/C14H26N2OS/c1-11-4-2-3-5-12(11)9-16-14(17)8-13-10-18-7-6-15-13/h11-13,15H,2-10H2,1H3,(H,16,17). The predicted molar refractivity (Wildman–Crippen MR) is 77.9 cm³/mol. The van der Waals surface area contributed by atoms with Gasteiger partial charge in [-0.1, -0.05) is 26.2 Å². The van der Waals surface area contributed by atoms with Crippen LogP contribution in [0.3, 0.4) is 0 Å². The molecule has 104 valence electrons. The van der Waals surface area contributed by atoms with Crippen molar-refractivity contribution in [3.8, 4) is 0 Å². The summed E-state index contributed by atoms with van der Waals surface area (Å²) in [4.78, 5) is 11.9. The molecule has 2 N–H and O–H groups in total. The van der Waals surface area contributed by atoms with E-state index in [1.54, 1.807) is 0 Å². The molecule has 0 spiro atoms. The van der Waals surface area contributed by atoms with E-state index < -0.39 is 0 Å². The van der Waals surface area contributed by atoms with Gasteiger partial charge in [-0.05, 0) is 18.3 Å². The maximum atomic E-state index is 11.9. The molecule has 0 radical (unpaired) electrons. The Balaban J connectivity index is 1.64. The Bertz CT molecular complexity index is 267. The molecule has 0 aromatic heterocycles. The van der Waals surface area contributed by atoms with Crippen LogP contribution < -0.4 is 10.6 Å². The van der Waals surface area contributed by atoms with Gasteiger partial charge in [0.2, 0.25) is 5.91 Å². The van der Waals surface area contributed by atoms with Crippen molar-refractivity contribution in [3.05, 3.63) is 0 Å². The van der Waals surface area contributed by atoms with Crippen molar-refractivity contribution in [2.24, 2.45) is 11.8 Å². The van der Waals surface area contributed by atoms with Gasteiger partial charge in [-0.25, -0.2) is 0 Å². The van der Waals surface area contributed by atoms with E-state index in [1.807, 2.05) is 11.8 Å². The molecule has 3 atom stereocenters. The van der Waals surface area contributed by atoms with Crippen molar-refractivity contribution < 1.29 is 4.79 Å². The summed E-state index contributed by atoms with van der Waals surface area (Å²) in [6.45, 7) is 4.26. The van der Waals surface area contributed by atoms with Crippen molar-refractivity contribution >= 4 is 17.7 Å². The van der Waals surface area contributed by atoms with E-state index in [0.717, 1.165) is 24.8 Å². The van der Waals surface area contributed by atoms with Crippen LogP contribution in [0.5, 0.6) is 0 Å². The first-order chi connectivity index (χ1) is 8.75. The average molecular weight is 270 g/mol. The molecule has 0 aromatic rings. The van der Waals surface area contributed by atoms with Crippen LogP contribution in [0.4, 0.5) is 0 Å². The van der Waals surface area contributed by atoms with Gasteiger partial charge in [0, 0.05) is 37.1 Å². The Kier molecular flexibility index (Phi) is 5.83. The van der Waals surface area contributed by atoms with E-state index in [0.29, 0.717) is 18.4 Å². The molecule has 0 aromatic carbocycles. The number of amides is 1. The molecular weight excluding hydrogens is 244 g/mol. The summed E-state index contributed by atoms with van der Waals surface area (Å²) in [5.41, 5.74) is 0. The first-order valence-electron chi connectivity index (χ1n) is 7.33. The third kappa shape index (κ3) is 4.47. The van der Waals surface area contributed by atoms with E-state index in [2.05, 4.69) is 17.6 Å². The molecule has 0 bridgehead atoms. The Morgan fingerprint density at radius 1 is 1.39 bits per heavy atom. The van der Waals surface area contributed by atoms with Crippen molar-refractivity contribution in [2.45, 2.75) is 45.1 Å². The van der Waals surface area contributed by atoms with Crippen LogP contribution >= 0.6 is 11.8 Å². The highest BCUT2D eigenvalue weighted by molar-refractivity contribution is 7.99. The van der Waals surface area contributed by atoms with Crippen molar-refractivity contribution in [2.75, 3.05) is 24.6 Å². The lowest BCUT2D eigenvalue weighted by Crippen LogP contribution is -2.42. The molecule has 1 aliphatic heterocycles. The van der Waals surface area contributed by atoms with Crippen LogP contribution in [-0.2, 0) is 4.79 Å². The van der Waals surface area contributed by atoms with Gasteiger partial charge in [-0.2, -0.15) is 11.8 Å². The summed E-state index contributed by atoms with van der Waals surface area (Å²) < 4.78 is 0. The van der Waals surface area contributed by atoms with Crippen LogP contribution in [-0.4, -0.2) is 36.5 Å². The Hall–Kier alpha value is -0.220. The third-order valence-electron chi connectivity index (χ3n) is 4.28. The zero-order chi connectivity index (χ0) is 12.8. The average Bonchev–Trinajstić information content (AvgIpc) is 2.39. The van der Waals surface area contributed by atoms with Gasteiger partial charge in [-0.3, -0.25) is 4.79 Å². The summed E-state index contributed by atoms with van der Waals surface area (Å²) >= 11 is 1.95. The number of carbonyl (C=O) groups is 1. The number of rotatable bonds is 4. The highest BCUT2D eigenvalue weighted by Crippen LogP contribution is 2.28. The normalized spacial score (nSPS) is 33.1. The lowest BCUT2D eigenvalue weighted by Gasteiger charge is -2.29. The topological polar surface area (TPSA) is 41.1 Å². The van der Waals surface area contributed by atoms with Gasteiger partial charge in [0.15, 0.2) is 0 Å². The fourth-order valence-electron chi connectivity index (χ4n) is 2.99. The maximum Gasteiger partial charge on any atom is 0.221 e. The molecule has 2 aliphatic rings. The fourth-order valence-corrected chi connectivity index (χ4v) is 3.94. The lowest BCUT2D eigenvalue weighted by atomic mass is 9.80. The van der Waals surface area contributed by atoms with E-state index in [-0.39, 0.29) is 5.91 Å². The summed E-state index contributed by atoms with van der Waals surface area (Å²) in [5, 5.41) is 6.56. The lowest BCUT2D eigenvalue weighted by molar-refractivity contribution is -0.121. The molecule has 1 amide bonds. The molecule has 1 saturated carbocycles. The molecule has 2 rings (SSSR count). The first kappa shape index (κ1) is 14.2. The van der Waals surface area contributed by atoms with Crippen LogP contribution in [0.15, 0.2) is 0 Å². The summed E-state index contributed by atoms with van der Waals surface area (Å²) in [6.07, 6.45) is 5.98. The smallest absolute Gasteiger partial charge is 0.221 e. The molecule has 3 unspecified atom stereocenters. The number of hydrogen-bond acceptors (Lipinski definition) is 3. The van der Waals surface area contributed by atoms with E-state index in [1.165, 1.54) is 31.4 Å². The summed E-state index contributed by atoms with van der Waals surface area (Å²) in [5.74, 6) is 3.97. The monoisotopic (exact) mass is 270 g/mol. The molecule has 3 nitrogen and oxygen atoms in total. The van der Waals surface area contributed by atoms with Crippen LogP contribution in [0.1, 0.15) is 39.0 Å². The second-order valence-electron chi connectivity index (χ2n) is 5.76. The molecule has 1 heterocycles. The number of hydrogen-bond donors (Lipinski definition) is 2. The second-order valence-corrected chi connectivity index (χ2v) is 6.91. The SMILES string of the molecule is CC1CCCCC1CNC(=O)CC1CSCCN1. The van der Waals surface area contributed by atoms with Crippen molar-refractivity contribution in [1.29, 1.82) is 0 Å². The van der Waals surface area contributed by atoms with Crippen molar-refractivity contribution in [1.82, 2.24) is 10.6 Å². The van der Waals surface area contributed by atoms with Crippen LogP contribution in [0, 0.1) is 11.8 Å². The van der Waals surface area contributed by atoms with E-state index in [9.17, 15) is 4.79 Å². The number of thioether (sulfide) groups is 1. The Morgan fingerprint density at radius 2 is 2.22 bits per heavy atom. The van der Waals surface area contributed by atoms with Gasteiger partial charge in [0.05, 0.1) is 0 Å². The highest BCUT2D eigenvalue weighted by Gasteiger charge is 2.22. The van der Waals surface area contributed by atoms with Gasteiger partial charge in [0.25, 0.3) is 0 Å². The second kappa shape index (κ2) is 7.39. The Morgan fingerprint density at radius 3 is 2.94 bits per heavy atom. The van der Waals surface area contributed by atoms with E-state index in [4.69, 9.17) is 0 Å². The zero-order valence-electron chi connectivity index (χ0n) is 11.4. The number of nitrogens with one attached hydrogen (secondary N) is 2. The van der Waals surface area contributed by atoms with Crippen LogP contribution in [0.2, 0.25) is 0 Å². The minimum absolute atomic E-state index is 0.229. The van der Waals surface area contributed by atoms with Gasteiger partial charge >= 0.3 is 0 Å². The minimum Gasteiger partial charge on any atom is -0.356 e. The quantitative estimate of drug-likeness (QED) is 0.821. The molecule has 4 heteroatoms. The van der Waals surface area contributed by atoms with E-state index >= 15 is 0 Å². The largest absolute Gasteiger partial charge is 0.356 e. The fraction of sp³-hybridized carbons (Fsp3) is 0.929. The van der Waals surface area contributed by atoms with Crippen LogP contribution in [0.25, 0.3) is 0 Å². The first-order valence-corrected chi connectivity index (χ1v) is 8.49. The molecule has 18 heavy (non-hydrogen) atoms. The molecular formula is C14H26N2OS. The van der Waals surface area contributed by atoms with Crippen molar-refractivity contribution in [3.63, 3.8) is 0 Å². The Labute approximate surface area is 115 Å². The summed E-state index contributed by atoms with van der Waals surface area (Å²) in [6, 6.07) is 0.382. The molecule has 1 saturated heterocycles. The maximum absolute atomic E-state index is 11.9. The van der Waals surface area contributed by atoms with Gasteiger partial charge in [0.1, 0.15) is 0 Å². The highest BCUT2D eigenvalue weighted by atomic mass is 32.2. The third-order valence-corrected chi connectivity index (χ3v) is 5.41. The minimum atomic E-state index is 0.229. The van der Waals surface area contributed by atoms with Gasteiger partial charge < -0.3 is 10.6 Å². The zero-order valence-corrected chi connectivity index (χ0v) is 12.2. The summed E-state index contributed by atoms with van der Waals surface area (Å²) in [7, 11) is 0. The number of carbonyl (C=O) groups excluding carboxylic acids is 1. The predicted octanol–water partition coefficient (Wildman–Crippen LogP) is 2.02. The van der Waals surface area contributed by atoms with Gasteiger partial charge in [-0.15, -0.1) is 0 Å².